The predicted molar refractivity (Wildman–Crippen MR) is 114 cm³/mol. The molecule has 0 heterocycles. The van der Waals surface area contributed by atoms with E-state index in [-0.39, 0.29) is 26.7 Å². The third-order valence-electron chi connectivity index (χ3n) is 4.37. The number of phenols is 2. The van der Waals surface area contributed by atoms with Crippen molar-refractivity contribution in [1.82, 2.24) is 0 Å². The van der Waals surface area contributed by atoms with E-state index in [1.54, 1.807) is 0 Å². The lowest BCUT2D eigenvalue weighted by Crippen LogP contribution is -2.38. The fourth-order valence-electron chi connectivity index (χ4n) is 3.19. The number of halogens is 4. The lowest BCUT2D eigenvalue weighted by atomic mass is 9.83. The lowest BCUT2D eigenvalue weighted by Gasteiger charge is -2.34. The van der Waals surface area contributed by atoms with Crippen molar-refractivity contribution in [3.63, 3.8) is 0 Å². The van der Waals surface area contributed by atoms with E-state index < -0.39 is 31.4 Å². The van der Waals surface area contributed by atoms with Gasteiger partial charge in [-0.2, -0.15) is 8.42 Å². The Morgan fingerprint density at radius 2 is 1.34 bits per heavy atom. The molecule has 0 aromatic heterocycles. The molecule has 3 aromatic carbocycles. The van der Waals surface area contributed by atoms with Crippen LogP contribution in [0.25, 0.3) is 0 Å². The van der Waals surface area contributed by atoms with E-state index in [9.17, 15) is 23.2 Å². The molecule has 3 rings (SSSR count). The van der Waals surface area contributed by atoms with Gasteiger partial charge >= 0.3 is 0 Å². The van der Waals surface area contributed by atoms with Gasteiger partial charge in [-0.3, -0.25) is 4.55 Å². The number of phenolic OH excluding ortho intramolecular Hbond substituents is 2. The van der Waals surface area contributed by atoms with Crippen LogP contribution in [0.4, 0.5) is 0 Å². The Balaban J connectivity index is 2.61. The number of rotatable bonds is 4. The van der Waals surface area contributed by atoms with Gasteiger partial charge in [0.15, 0.2) is 4.75 Å². The second-order valence-electron chi connectivity index (χ2n) is 6.11. The van der Waals surface area contributed by atoms with Crippen molar-refractivity contribution in [1.29, 1.82) is 0 Å². The Hall–Kier alpha value is -1.67. The number of hydrogen-bond donors (Lipinski definition) is 3. The zero-order valence-corrected chi connectivity index (χ0v) is 18.1. The van der Waals surface area contributed by atoms with Crippen LogP contribution in [-0.4, -0.2) is 23.2 Å². The number of aromatic hydroxyl groups is 2. The van der Waals surface area contributed by atoms with E-state index in [0.29, 0.717) is 5.02 Å². The maximum atomic E-state index is 13.0. The summed E-state index contributed by atoms with van der Waals surface area (Å²) >= 11 is 24.5. The first-order valence-corrected chi connectivity index (χ1v) is 10.8. The second-order valence-corrected chi connectivity index (χ2v) is 9.33. The third kappa shape index (κ3) is 3.77. The Morgan fingerprint density at radius 3 is 1.90 bits per heavy atom. The summed E-state index contributed by atoms with van der Waals surface area (Å²) in [5.74, 6) is -1.07. The van der Waals surface area contributed by atoms with Gasteiger partial charge in [0.25, 0.3) is 10.1 Å². The normalized spacial score (nSPS) is 13.8. The smallest absolute Gasteiger partial charge is 0.283 e. The topological polar surface area (TPSA) is 94.8 Å². The molecule has 0 amide bonds. The van der Waals surface area contributed by atoms with Gasteiger partial charge in [0.2, 0.25) is 0 Å². The molecule has 0 aliphatic rings. The van der Waals surface area contributed by atoms with Gasteiger partial charge in [0, 0.05) is 32.3 Å². The molecule has 0 fully saturated rings. The van der Waals surface area contributed by atoms with Crippen LogP contribution >= 0.6 is 46.4 Å². The summed E-state index contributed by atoms with van der Waals surface area (Å²) in [6, 6.07) is 11.5. The zero-order valence-electron chi connectivity index (χ0n) is 14.3. The summed E-state index contributed by atoms with van der Waals surface area (Å²) in [7, 11) is -5.07. The molecule has 0 saturated carbocycles. The highest BCUT2D eigenvalue weighted by molar-refractivity contribution is 7.87. The summed E-state index contributed by atoms with van der Waals surface area (Å²) in [4.78, 5) is 0. The van der Waals surface area contributed by atoms with Gasteiger partial charge in [-0.1, -0.05) is 64.6 Å². The van der Waals surface area contributed by atoms with E-state index in [1.165, 1.54) is 42.5 Å². The van der Waals surface area contributed by atoms with E-state index in [4.69, 9.17) is 46.4 Å². The summed E-state index contributed by atoms with van der Waals surface area (Å²) in [6.45, 7) is 0. The van der Waals surface area contributed by atoms with Crippen molar-refractivity contribution in [3.8, 4) is 11.5 Å². The SMILES string of the molecule is O=S(=O)(O)C(c1ccc(Cl)cc1)(c1ccc(Cl)cc1Cl)c1cc(O)cc(O)c1Cl. The molecule has 1 atom stereocenters. The molecule has 3 N–H and O–H groups in total. The molecule has 0 aliphatic carbocycles. The van der Waals surface area contributed by atoms with E-state index in [0.717, 1.165) is 12.1 Å². The molecule has 10 heteroatoms. The van der Waals surface area contributed by atoms with Crippen LogP contribution < -0.4 is 0 Å². The Bertz CT molecular complexity index is 1200. The summed E-state index contributed by atoms with van der Waals surface area (Å²) < 4.78 is 34.0. The third-order valence-corrected chi connectivity index (χ3v) is 7.01. The molecule has 3 aromatic rings. The Morgan fingerprint density at radius 1 is 0.759 bits per heavy atom. The fourth-order valence-corrected chi connectivity index (χ4v) is 5.56. The Labute approximate surface area is 186 Å². The maximum absolute atomic E-state index is 13.0. The molecule has 0 saturated heterocycles. The highest BCUT2D eigenvalue weighted by atomic mass is 35.5. The maximum Gasteiger partial charge on any atom is 0.283 e. The average Bonchev–Trinajstić information content (AvgIpc) is 2.61. The van der Waals surface area contributed by atoms with Crippen LogP contribution in [0.3, 0.4) is 0 Å². The monoisotopic (exact) mass is 492 g/mol. The van der Waals surface area contributed by atoms with Crippen molar-refractivity contribution < 1.29 is 23.2 Å². The molecule has 0 aliphatic heterocycles. The first-order valence-electron chi connectivity index (χ1n) is 7.89. The van der Waals surface area contributed by atoms with Crippen molar-refractivity contribution in [3.05, 3.63) is 91.4 Å². The number of benzene rings is 3. The molecule has 0 spiro atoms. The molecule has 0 bridgehead atoms. The molecule has 29 heavy (non-hydrogen) atoms. The van der Waals surface area contributed by atoms with E-state index in [1.807, 2.05) is 0 Å². The van der Waals surface area contributed by atoms with Crippen molar-refractivity contribution in [2.75, 3.05) is 0 Å². The fraction of sp³-hybridized carbons (Fsp3) is 0.0526. The van der Waals surface area contributed by atoms with Crippen molar-refractivity contribution in [2.45, 2.75) is 4.75 Å². The van der Waals surface area contributed by atoms with Crippen LogP contribution in [0.1, 0.15) is 16.7 Å². The zero-order chi connectivity index (χ0) is 21.6. The Kier molecular flexibility index (Phi) is 5.98. The van der Waals surface area contributed by atoms with Crippen molar-refractivity contribution >= 4 is 56.5 Å². The minimum Gasteiger partial charge on any atom is -0.508 e. The van der Waals surface area contributed by atoms with E-state index >= 15 is 0 Å². The average molecular weight is 494 g/mol. The highest BCUT2D eigenvalue weighted by Gasteiger charge is 2.51. The van der Waals surface area contributed by atoms with Gasteiger partial charge in [0.05, 0.1) is 5.02 Å². The summed E-state index contributed by atoms with van der Waals surface area (Å²) in [6.07, 6.45) is 0. The number of hydrogen-bond acceptors (Lipinski definition) is 4. The minimum absolute atomic E-state index is 0.0144. The minimum atomic E-state index is -5.07. The molecule has 1 unspecified atom stereocenters. The summed E-state index contributed by atoms with van der Waals surface area (Å²) in [5.41, 5.74) is -0.397. The first-order chi connectivity index (χ1) is 13.5. The largest absolute Gasteiger partial charge is 0.508 e. The van der Waals surface area contributed by atoms with Crippen LogP contribution in [0.5, 0.6) is 11.5 Å². The molecular weight excluding hydrogens is 482 g/mol. The lowest BCUT2D eigenvalue weighted by molar-refractivity contribution is 0.444. The van der Waals surface area contributed by atoms with Crippen LogP contribution in [-0.2, 0) is 14.9 Å². The second kappa shape index (κ2) is 7.87. The molecule has 152 valence electrons. The van der Waals surface area contributed by atoms with E-state index in [2.05, 4.69) is 0 Å². The first kappa shape index (κ1) is 22.0. The molecule has 5 nitrogen and oxygen atoms in total. The molecule has 0 radical (unpaired) electrons. The van der Waals surface area contributed by atoms with Crippen LogP contribution in [0.15, 0.2) is 54.6 Å². The van der Waals surface area contributed by atoms with Gasteiger partial charge in [-0.15, -0.1) is 0 Å². The van der Waals surface area contributed by atoms with Gasteiger partial charge in [-0.25, -0.2) is 0 Å². The van der Waals surface area contributed by atoms with Crippen molar-refractivity contribution in [2.24, 2.45) is 0 Å². The van der Waals surface area contributed by atoms with Gasteiger partial charge in [-0.05, 0) is 35.9 Å². The predicted octanol–water partition coefficient (Wildman–Crippen LogP) is 5.89. The van der Waals surface area contributed by atoms with Gasteiger partial charge in [0.1, 0.15) is 11.5 Å². The highest BCUT2D eigenvalue weighted by Crippen LogP contribution is 2.51. The molecular formula is C19H12Cl4O5S. The summed E-state index contributed by atoms with van der Waals surface area (Å²) in [5, 5.41) is 20.2. The quantitative estimate of drug-likeness (QED) is 0.311. The van der Waals surface area contributed by atoms with Crippen LogP contribution in [0, 0.1) is 0 Å². The van der Waals surface area contributed by atoms with Crippen LogP contribution in [0.2, 0.25) is 20.1 Å². The standard InChI is InChI=1S/C19H12Cl4O5S/c20-11-3-1-10(2-4-11)19(29(26,27)28,14-6-5-12(21)7-16(14)22)15-8-13(24)9-17(25)18(15)23/h1-9,24-25H,(H,26,27,28). The van der Waals surface area contributed by atoms with Gasteiger partial charge < -0.3 is 10.2 Å².